The minimum absolute atomic E-state index is 0.0406. The van der Waals surface area contributed by atoms with Crippen LogP contribution in [0.1, 0.15) is 18.9 Å². The number of H-pyrrole nitrogens is 1. The third kappa shape index (κ3) is 2.37. The van der Waals surface area contributed by atoms with Crippen LogP contribution in [0.3, 0.4) is 0 Å². The van der Waals surface area contributed by atoms with Crippen LogP contribution in [0, 0.1) is 5.82 Å². The largest absolute Gasteiger partial charge is 0.504 e. The van der Waals surface area contributed by atoms with Crippen LogP contribution in [-0.2, 0) is 0 Å². The van der Waals surface area contributed by atoms with Crippen LogP contribution in [0.15, 0.2) is 39.9 Å². The number of pyridine rings is 1. The summed E-state index contributed by atoms with van der Waals surface area (Å²) in [6.45, 7) is 0. The quantitative estimate of drug-likeness (QED) is 0.550. The highest BCUT2D eigenvalue weighted by Crippen LogP contribution is 2.41. The third-order valence-electron chi connectivity index (χ3n) is 5.12. The fourth-order valence-corrected chi connectivity index (χ4v) is 4.54. The van der Waals surface area contributed by atoms with Crippen LogP contribution < -0.4 is 15.7 Å². The molecule has 0 radical (unpaired) electrons. The SMILES string of the molecule is COc1cc(-c2cc3c(cc2F)c(=O)c2c(=O)[nH]sc2n3C2CC2)ccc1O. The molecule has 0 aliphatic heterocycles. The van der Waals surface area contributed by atoms with Gasteiger partial charge in [-0.25, -0.2) is 4.39 Å². The van der Waals surface area contributed by atoms with Crippen LogP contribution >= 0.6 is 11.5 Å². The van der Waals surface area contributed by atoms with Gasteiger partial charge in [0.2, 0.25) is 5.43 Å². The summed E-state index contributed by atoms with van der Waals surface area (Å²) in [4.78, 5) is 25.6. The van der Waals surface area contributed by atoms with Crippen molar-refractivity contribution in [1.29, 1.82) is 0 Å². The molecule has 0 spiro atoms. The highest BCUT2D eigenvalue weighted by Gasteiger charge is 2.29. The second-order valence-corrected chi connectivity index (χ2v) is 7.67. The Bertz CT molecular complexity index is 1380. The first kappa shape index (κ1) is 17.0. The van der Waals surface area contributed by atoms with Gasteiger partial charge in [-0.15, -0.1) is 0 Å². The molecule has 2 N–H and O–H groups in total. The number of aromatic nitrogens is 2. The molecule has 8 heteroatoms. The fourth-order valence-electron chi connectivity index (χ4n) is 3.61. The summed E-state index contributed by atoms with van der Waals surface area (Å²) < 4.78 is 24.7. The van der Waals surface area contributed by atoms with Gasteiger partial charge >= 0.3 is 0 Å². The maximum absolute atomic E-state index is 15.0. The van der Waals surface area contributed by atoms with Crippen LogP contribution in [0.2, 0.25) is 0 Å². The fraction of sp³-hybridized carbons (Fsp3) is 0.200. The zero-order valence-corrected chi connectivity index (χ0v) is 15.6. The second-order valence-electron chi connectivity index (χ2n) is 6.88. The van der Waals surface area contributed by atoms with Gasteiger partial charge in [0, 0.05) is 17.0 Å². The van der Waals surface area contributed by atoms with Crippen LogP contribution in [0.5, 0.6) is 11.5 Å². The average molecular weight is 398 g/mol. The molecule has 0 bridgehead atoms. The molecule has 0 saturated heterocycles. The standard InChI is InChI=1S/C20H15FN2O4S/c1-27-16-6-9(2-5-15(16)24)11-8-14-12(7-13(11)21)18(25)17-19(26)22-28-20(17)23(14)10-3-4-10/h2,5-8,10,24H,3-4H2,1H3,(H,22,26). The van der Waals surface area contributed by atoms with E-state index in [1.165, 1.54) is 19.2 Å². The summed E-state index contributed by atoms with van der Waals surface area (Å²) in [6, 6.07) is 7.60. The Morgan fingerprint density at radius 2 is 2.04 bits per heavy atom. The van der Waals surface area contributed by atoms with Gasteiger partial charge in [0.15, 0.2) is 11.5 Å². The lowest BCUT2D eigenvalue weighted by molar-refractivity contribution is 0.373. The predicted molar refractivity (Wildman–Crippen MR) is 106 cm³/mol. The Hall–Kier alpha value is -3.13. The molecule has 5 rings (SSSR count). The summed E-state index contributed by atoms with van der Waals surface area (Å²) >= 11 is 1.13. The molecule has 0 atom stereocenters. The van der Waals surface area contributed by atoms with Crippen molar-refractivity contribution in [3.63, 3.8) is 0 Å². The monoisotopic (exact) mass is 398 g/mol. The number of methoxy groups -OCH3 is 1. The van der Waals surface area contributed by atoms with E-state index in [1.807, 2.05) is 4.57 Å². The summed E-state index contributed by atoms with van der Waals surface area (Å²) in [6.07, 6.45) is 1.89. The first-order valence-corrected chi connectivity index (χ1v) is 9.57. The molecule has 4 aromatic rings. The molecule has 1 aliphatic rings. The summed E-state index contributed by atoms with van der Waals surface area (Å²) in [5, 5.41) is 10.1. The first-order chi connectivity index (χ1) is 13.5. The lowest BCUT2D eigenvalue weighted by Crippen LogP contribution is -2.15. The number of rotatable bonds is 3. The zero-order chi connectivity index (χ0) is 19.6. The van der Waals surface area contributed by atoms with Gasteiger partial charge in [-0.3, -0.25) is 14.0 Å². The Balaban J connectivity index is 1.88. The molecule has 2 aromatic heterocycles. The maximum atomic E-state index is 15.0. The Kier molecular flexibility index (Phi) is 3.60. The highest BCUT2D eigenvalue weighted by atomic mass is 32.1. The minimum atomic E-state index is -0.578. The van der Waals surface area contributed by atoms with Crippen LogP contribution in [0.4, 0.5) is 4.39 Å². The van der Waals surface area contributed by atoms with E-state index >= 15 is 0 Å². The van der Waals surface area contributed by atoms with Crippen molar-refractivity contribution in [2.24, 2.45) is 0 Å². The van der Waals surface area contributed by atoms with Gasteiger partial charge in [-0.2, -0.15) is 0 Å². The van der Waals surface area contributed by atoms with E-state index in [1.54, 1.807) is 18.2 Å². The van der Waals surface area contributed by atoms with Crippen molar-refractivity contribution in [3.8, 4) is 22.6 Å². The number of phenols is 1. The van der Waals surface area contributed by atoms with Crippen LogP contribution in [0.25, 0.3) is 32.2 Å². The summed E-state index contributed by atoms with van der Waals surface area (Å²) in [5.41, 5.74) is 0.513. The van der Waals surface area contributed by atoms with Gasteiger partial charge in [-0.05, 0) is 54.2 Å². The van der Waals surface area contributed by atoms with Gasteiger partial charge in [-0.1, -0.05) is 6.07 Å². The molecular weight excluding hydrogens is 383 g/mol. The molecule has 2 aromatic carbocycles. The number of hydrogen-bond donors (Lipinski definition) is 2. The number of nitrogens with zero attached hydrogens (tertiary/aromatic N) is 1. The Labute approximate surface area is 161 Å². The van der Waals surface area contributed by atoms with E-state index in [0.29, 0.717) is 21.5 Å². The molecule has 1 fully saturated rings. The highest BCUT2D eigenvalue weighted by molar-refractivity contribution is 7.12. The summed E-state index contributed by atoms with van der Waals surface area (Å²) in [7, 11) is 1.42. The van der Waals surface area contributed by atoms with Gasteiger partial charge in [0.25, 0.3) is 5.56 Å². The lowest BCUT2D eigenvalue weighted by atomic mass is 10.0. The van der Waals surface area contributed by atoms with Gasteiger partial charge < -0.3 is 14.4 Å². The molecule has 2 heterocycles. The first-order valence-electron chi connectivity index (χ1n) is 8.76. The summed E-state index contributed by atoms with van der Waals surface area (Å²) in [5.74, 6) is -0.386. The van der Waals surface area contributed by atoms with Crippen molar-refractivity contribution < 1.29 is 14.2 Å². The normalized spacial score (nSPS) is 14.1. The number of aromatic hydroxyl groups is 1. The Morgan fingerprint density at radius 1 is 1.25 bits per heavy atom. The van der Waals surface area contributed by atoms with Crippen molar-refractivity contribution >= 4 is 32.7 Å². The van der Waals surface area contributed by atoms with E-state index in [0.717, 1.165) is 24.4 Å². The number of aromatic amines is 1. The van der Waals surface area contributed by atoms with E-state index in [-0.39, 0.29) is 28.3 Å². The molecule has 28 heavy (non-hydrogen) atoms. The number of benzene rings is 2. The van der Waals surface area contributed by atoms with Crippen molar-refractivity contribution in [1.82, 2.24) is 8.94 Å². The van der Waals surface area contributed by atoms with E-state index in [2.05, 4.69) is 4.37 Å². The number of halogens is 1. The van der Waals surface area contributed by atoms with E-state index in [9.17, 15) is 19.1 Å². The Morgan fingerprint density at radius 3 is 2.75 bits per heavy atom. The number of fused-ring (bicyclic) bond motifs is 2. The smallest absolute Gasteiger partial charge is 0.271 e. The number of nitrogens with one attached hydrogen (secondary N) is 1. The van der Waals surface area contributed by atoms with Gasteiger partial charge in [0.1, 0.15) is 16.0 Å². The zero-order valence-electron chi connectivity index (χ0n) is 14.8. The van der Waals surface area contributed by atoms with Crippen LogP contribution in [-0.4, -0.2) is 21.2 Å². The van der Waals surface area contributed by atoms with Gasteiger partial charge in [0.05, 0.1) is 12.6 Å². The van der Waals surface area contributed by atoms with Crippen molar-refractivity contribution in [2.75, 3.05) is 7.11 Å². The average Bonchev–Trinajstić information content (AvgIpc) is 3.45. The maximum Gasteiger partial charge on any atom is 0.271 e. The molecule has 142 valence electrons. The molecular formula is C20H15FN2O4S. The third-order valence-corrected chi connectivity index (χ3v) is 6.00. The molecule has 0 amide bonds. The number of phenolic OH excluding ortho intramolecular Hbond substituents is 1. The van der Waals surface area contributed by atoms with E-state index in [4.69, 9.17) is 4.74 Å². The predicted octanol–water partition coefficient (Wildman–Crippen LogP) is 3.76. The molecule has 1 aliphatic carbocycles. The topological polar surface area (TPSA) is 84.3 Å². The molecule has 0 unspecified atom stereocenters. The molecule has 1 saturated carbocycles. The minimum Gasteiger partial charge on any atom is -0.504 e. The van der Waals surface area contributed by atoms with Crippen molar-refractivity contribution in [2.45, 2.75) is 18.9 Å². The van der Waals surface area contributed by atoms with E-state index < -0.39 is 16.8 Å². The second kappa shape index (κ2) is 5.93. The van der Waals surface area contributed by atoms with Crippen molar-refractivity contribution in [3.05, 3.63) is 56.7 Å². The molecule has 6 nitrogen and oxygen atoms in total. The number of hydrogen-bond acceptors (Lipinski definition) is 5. The number of ether oxygens (including phenoxy) is 1. The lowest BCUT2D eigenvalue weighted by Gasteiger charge is -2.14.